The molecule has 0 aliphatic carbocycles. The molecule has 0 unspecified atom stereocenters. The summed E-state index contributed by atoms with van der Waals surface area (Å²) in [6, 6.07) is 10.2. The van der Waals surface area contributed by atoms with Crippen LogP contribution >= 0.6 is 11.3 Å². The van der Waals surface area contributed by atoms with Crippen molar-refractivity contribution >= 4 is 33.1 Å². The summed E-state index contributed by atoms with van der Waals surface area (Å²) in [6.07, 6.45) is 1.37. The topological polar surface area (TPSA) is 87.8 Å². The molecule has 1 amide bonds. The molecular formula is C15H10N4O2S. The van der Waals surface area contributed by atoms with Crippen LogP contribution in [0.1, 0.15) is 5.56 Å². The molecule has 2 heterocycles. The lowest BCUT2D eigenvalue weighted by Crippen LogP contribution is -2.27. The Hall–Kier alpha value is -2.98. The van der Waals surface area contributed by atoms with Crippen LogP contribution in [0.5, 0.6) is 0 Å². The zero-order valence-corrected chi connectivity index (χ0v) is 12.1. The summed E-state index contributed by atoms with van der Waals surface area (Å²) in [4.78, 5) is 29.0. The molecule has 108 valence electrons. The van der Waals surface area contributed by atoms with E-state index in [1.54, 1.807) is 35.7 Å². The van der Waals surface area contributed by atoms with E-state index in [0.29, 0.717) is 21.5 Å². The fourth-order valence-corrected chi connectivity index (χ4v) is 2.71. The number of carbonyl (C=O) groups is 1. The molecule has 3 rings (SSSR count). The van der Waals surface area contributed by atoms with Gasteiger partial charge in [0.2, 0.25) is 5.91 Å². The first-order valence-corrected chi connectivity index (χ1v) is 7.28. The molecule has 22 heavy (non-hydrogen) atoms. The number of fused-ring (bicyclic) bond motifs is 1. The second kappa shape index (κ2) is 5.79. The quantitative estimate of drug-likeness (QED) is 0.801. The standard InChI is InChI=1S/C15H10N4O2S/c16-7-10-1-3-11(4-2-10)18-13(20)8-19-9-17-14-12(15(19)21)5-6-22-14/h1-6,9H,8H2,(H,18,20). The number of benzene rings is 1. The van der Waals surface area contributed by atoms with E-state index in [0.717, 1.165) is 0 Å². The third-order valence-electron chi connectivity index (χ3n) is 3.06. The Kier molecular flexibility index (Phi) is 3.68. The van der Waals surface area contributed by atoms with E-state index < -0.39 is 0 Å². The minimum atomic E-state index is -0.330. The van der Waals surface area contributed by atoms with Crippen molar-refractivity contribution in [1.29, 1.82) is 5.26 Å². The Labute approximate surface area is 129 Å². The second-order valence-electron chi connectivity index (χ2n) is 4.55. The highest BCUT2D eigenvalue weighted by Crippen LogP contribution is 2.13. The Bertz CT molecular complexity index is 935. The molecular weight excluding hydrogens is 300 g/mol. The first kappa shape index (κ1) is 14.0. The van der Waals surface area contributed by atoms with E-state index in [9.17, 15) is 9.59 Å². The maximum Gasteiger partial charge on any atom is 0.262 e. The summed E-state index contributed by atoms with van der Waals surface area (Å²) in [5.41, 5.74) is 0.851. The molecule has 1 N–H and O–H groups in total. The molecule has 3 aromatic rings. The van der Waals surface area contributed by atoms with E-state index in [-0.39, 0.29) is 18.0 Å². The SMILES string of the molecule is N#Cc1ccc(NC(=O)Cn2cnc3sccc3c2=O)cc1. The average molecular weight is 310 g/mol. The van der Waals surface area contributed by atoms with Crippen molar-refractivity contribution in [2.45, 2.75) is 6.54 Å². The molecule has 0 atom stereocenters. The van der Waals surface area contributed by atoms with Crippen LogP contribution in [0.25, 0.3) is 10.2 Å². The Morgan fingerprint density at radius 2 is 2.09 bits per heavy atom. The highest BCUT2D eigenvalue weighted by molar-refractivity contribution is 7.16. The van der Waals surface area contributed by atoms with Crippen molar-refractivity contribution in [2.24, 2.45) is 0 Å². The molecule has 0 aliphatic heterocycles. The zero-order valence-electron chi connectivity index (χ0n) is 11.3. The van der Waals surface area contributed by atoms with E-state index in [1.807, 2.05) is 6.07 Å². The average Bonchev–Trinajstić information content (AvgIpc) is 3.00. The van der Waals surface area contributed by atoms with Gasteiger partial charge in [0.05, 0.1) is 23.3 Å². The van der Waals surface area contributed by atoms with E-state index in [1.165, 1.54) is 22.2 Å². The summed E-state index contributed by atoms with van der Waals surface area (Å²) in [5.74, 6) is -0.330. The van der Waals surface area contributed by atoms with Gasteiger partial charge in [-0.2, -0.15) is 5.26 Å². The number of anilines is 1. The van der Waals surface area contributed by atoms with Crippen molar-refractivity contribution in [3.63, 3.8) is 0 Å². The van der Waals surface area contributed by atoms with Crippen molar-refractivity contribution in [3.05, 3.63) is 58.0 Å². The summed E-state index contributed by atoms with van der Waals surface area (Å²) in [6.45, 7) is -0.113. The molecule has 0 radical (unpaired) electrons. The van der Waals surface area contributed by atoms with Gasteiger partial charge in [-0.15, -0.1) is 11.3 Å². The lowest BCUT2D eigenvalue weighted by Gasteiger charge is -2.07. The molecule has 1 aromatic carbocycles. The van der Waals surface area contributed by atoms with Crippen LogP contribution in [0.2, 0.25) is 0 Å². The van der Waals surface area contributed by atoms with Gasteiger partial charge < -0.3 is 5.32 Å². The van der Waals surface area contributed by atoms with Crippen LogP contribution in [-0.2, 0) is 11.3 Å². The number of thiophene rings is 1. The molecule has 0 spiro atoms. The van der Waals surface area contributed by atoms with Gasteiger partial charge in [0.1, 0.15) is 11.4 Å². The van der Waals surface area contributed by atoms with Crippen LogP contribution in [-0.4, -0.2) is 15.5 Å². The number of amides is 1. The largest absolute Gasteiger partial charge is 0.325 e. The van der Waals surface area contributed by atoms with Gasteiger partial charge in [0.25, 0.3) is 5.56 Å². The van der Waals surface area contributed by atoms with Crippen molar-refractivity contribution in [1.82, 2.24) is 9.55 Å². The van der Waals surface area contributed by atoms with E-state index in [4.69, 9.17) is 5.26 Å². The summed E-state index contributed by atoms with van der Waals surface area (Å²) >= 11 is 1.38. The van der Waals surface area contributed by atoms with Gasteiger partial charge in [0, 0.05) is 5.69 Å². The molecule has 0 aliphatic rings. The minimum Gasteiger partial charge on any atom is -0.325 e. The highest BCUT2D eigenvalue weighted by atomic mass is 32.1. The predicted octanol–water partition coefficient (Wildman–Crippen LogP) is 1.97. The van der Waals surface area contributed by atoms with Gasteiger partial charge >= 0.3 is 0 Å². The highest BCUT2D eigenvalue weighted by Gasteiger charge is 2.09. The summed E-state index contributed by atoms with van der Waals surface area (Å²) in [7, 11) is 0. The third kappa shape index (κ3) is 2.73. The second-order valence-corrected chi connectivity index (χ2v) is 5.45. The molecule has 7 heteroatoms. The Balaban J connectivity index is 1.76. The number of rotatable bonds is 3. The predicted molar refractivity (Wildman–Crippen MR) is 83.7 cm³/mol. The minimum absolute atomic E-state index is 0.113. The molecule has 6 nitrogen and oxygen atoms in total. The molecule has 2 aromatic heterocycles. The van der Waals surface area contributed by atoms with Gasteiger partial charge in [-0.1, -0.05) is 0 Å². The number of aromatic nitrogens is 2. The number of hydrogen-bond acceptors (Lipinski definition) is 5. The van der Waals surface area contributed by atoms with Crippen molar-refractivity contribution in [3.8, 4) is 6.07 Å². The van der Waals surface area contributed by atoms with Crippen LogP contribution in [0.4, 0.5) is 5.69 Å². The van der Waals surface area contributed by atoms with Gasteiger partial charge in [-0.25, -0.2) is 4.98 Å². The molecule has 0 fully saturated rings. The van der Waals surface area contributed by atoms with Crippen LogP contribution < -0.4 is 10.9 Å². The smallest absolute Gasteiger partial charge is 0.262 e. The number of nitriles is 1. The van der Waals surface area contributed by atoms with E-state index >= 15 is 0 Å². The maximum absolute atomic E-state index is 12.2. The summed E-state index contributed by atoms with van der Waals surface area (Å²) < 4.78 is 1.27. The van der Waals surface area contributed by atoms with E-state index in [2.05, 4.69) is 10.3 Å². The van der Waals surface area contributed by atoms with Gasteiger partial charge in [-0.3, -0.25) is 14.2 Å². The molecule has 0 saturated carbocycles. The van der Waals surface area contributed by atoms with Crippen molar-refractivity contribution in [2.75, 3.05) is 5.32 Å². The summed E-state index contributed by atoms with van der Waals surface area (Å²) in [5, 5.41) is 13.7. The lowest BCUT2D eigenvalue weighted by atomic mass is 10.2. The van der Waals surface area contributed by atoms with Crippen LogP contribution in [0, 0.1) is 11.3 Å². The van der Waals surface area contributed by atoms with Crippen LogP contribution in [0.15, 0.2) is 46.8 Å². The Morgan fingerprint density at radius 3 is 2.82 bits per heavy atom. The lowest BCUT2D eigenvalue weighted by molar-refractivity contribution is -0.116. The monoisotopic (exact) mass is 310 g/mol. The van der Waals surface area contributed by atoms with Gasteiger partial charge in [0.15, 0.2) is 0 Å². The number of carbonyl (C=O) groups excluding carboxylic acids is 1. The number of nitrogens with one attached hydrogen (secondary N) is 1. The maximum atomic E-state index is 12.2. The normalized spacial score (nSPS) is 10.3. The molecule has 0 saturated heterocycles. The fourth-order valence-electron chi connectivity index (χ4n) is 1.99. The third-order valence-corrected chi connectivity index (χ3v) is 3.88. The van der Waals surface area contributed by atoms with Crippen LogP contribution in [0.3, 0.4) is 0 Å². The first-order chi connectivity index (χ1) is 10.7. The molecule has 0 bridgehead atoms. The number of nitrogens with zero attached hydrogens (tertiary/aromatic N) is 3. The first-order valence-electron chi connectivity index (χ1n) is 6.40. The fraction of sp³-hybridized carbons (Fsp3) is 0.0667. The van der Waals surface area contributed by atoms with Gasteiger partial charge in [-0.05, 0) is 35.7 Å². The van der Waals surface area contributed by atoms with Crippen molar-refractivity contribution < 1.29 is 4.79 Å². The zero-order chi connectivity index (χ0) is 15.5. The Morgan fingerprint density at radius 1 is 1.32 bits per heavy atom. The number of hydrogen-bond donors (Lipinski definition) is 1.